The summed E-state index contributed by atoms with van der Waals surface area (Å²) in [4.78, 5) is 0. The lowest BCUT2D eigenvalue weighted by molar-refractivity contribution is 0.355. The third-order valence-corrected chi connectivity index (χ3v) is 4.29. The summed E-state index contributed by atoms with van der Waals surface area (Å²) >= 11 is 9.52. The van der Waals surface area contributed by atoms with E-state index in [4.69, 9.17) is 16.3 Å². The average molecular weight is 306 g/mol. The number of ether oxygens (including phenoxy) is 1. The predicted molar refractivity (Wildman–Crippen MR) is 73.5 cm³/mol. The van der Waals surface area contributed by atoms with Crippen LogP contribution in [0.2, 0.25) is 0 Å². The lowest BCUT2D eigenvalue weighted by Gasteiger charge is -2.25. The van der Waals surface area contributed by atoms with Crippen molar-refractivity contribution >= 4 is 27.5 Å². The van der Waals surface area contributed by atoms with Crippen molar-refractivity contribution in [1.29, 1.82) is 0 Å². The fourth-order valence-electron chi connectivity index (χ4n) is 1.58. The zero-order valence-electron chi connectivity index (χ0n) is 10.0. The first-order chi connectivity index (χ1) is 7.54. The first-order valence-electron chi connectivity index (χ1n) is 5.43. The first kappa shape index (κ1) is 13.9. The molecule has 0 aromatic heterocycles. The lowest BCUT2D eigenvalue weighted by Crippen LogP contribution is -2.20. The molecule has 1 unspecified atom stereocenters. The molecule has 1 aromatic rings. The molecule has 0 saturated heterocycles. The molecule has 0 heterocycles. The van der Waals surface area contributed by atoms with E-state index in [1.165, 1.54) is 5.56 Å². The SMILES string of the molecule is CCC(C)(CCl)Cc1ccc(OC)c(Br)c1. The van der Waals surface area contributed by atoms with Gasteiger partial charge in [0.05, 0.1) is 11.6 Å². The smallest absolute Gasteiger partial charge is 0.133 e. The van der Waals surface area contributed by atoms with Crippen LogP contribution in [-0.4, -0.2) is 13.0 Å². The van der Waals surface area contributed by atoms with E-state index >= 15 is 0 Å². The van der Waals surface area contributed by atoms with Gasteiger partial charge < -0.3 is 4.74 Å². The number of hydrogen-bond acceptors (Lipinski definition) is 1. The van der Waals surface area contributed by atoms with Crippen LogP contribution in [0.25, 0.3) is 0 Å². The summed E-state index contributed by atoms with van der Waals surface area (Å²) in [7, 11) is 1.68. The zero-order valence-corrected chi connectivity index (χ0v) is 12.4. The Morgan fingerprint density at radius 1 is 1.44 bits per heavy atom. The molecular weight excluding hydrogens is 287 g/mol. The van der Waals surface area contributed by atoms with Gasteiger partial charge >= 0.3 is 0 Å². The first-order valence-corrected chi connectivity index (χ1v) is 6.76. The molecule has 1 rings (SSSR count). The highest BCUT2D eigenvalue weighted by atomic mass is 79.9. The summed E-state index contributed by atoms with van der Waals surface area (Å²) in [6, 6.07) is 6.20. The van der Waals surface area contributed by atoms with Crippen LogP contribution in [-0.2, 0) is 6.42 Å². The van der Waals surface area contributed by atoms with E-state index in [2.05, 4.69) is 41.9 Å². The van der Waals surface area contributed by atoms with Crippen molar-refractivity contribution < 1.29 is 4.74 Å². The Morgan fingerprint density at radius 2 is 2.12 bits per heavy atom. The quantitative estimate of drug-likeness (QED) is 0.719. The summed E-state index contributed by atoms with van der Waals surface area (Å²) in [5, 5.41) is 0. The van der Waals surface area contributed by atoms with Gasteiger partial charge in [0.1, 0.15) is 5.75 Å². The Balaban J connectivity index is 2.86. The summed E-state index contributed by atoms with van der Waals surface area (Å²) in [5.41, 5.74) is 1.47. The van der Waals surface area contributed by atoms with Crippen molar-refractivity contribution in [2.45, 2.75) is 26.7 Å². The van der Waals surface area contributed by atoms with Gasteiger partial charge in [0.15, 0.2) is 0 Å². The molecule has 0 N–H and O–H groups in total. The monoisotopic (exact) mass is 304 g/mol. The van der Waals surface area contributed by atoms with E-state index in [1.807, 2.05) is 6.07 Å². The van der Waals surface area contributed by atoms with Gasteiger partial charge in [-0.25, -0.2) is 0 Å². The molecule has 3 heteroatoms. The fraction of sp³-hybridized carbons (Fsp3) is 0.538. The van der Waals surface area contributed by atoms with E-state index in [9.17, 15) is 0 Å². The van der Waals surface area contributed by atoms with Crippen LogP contribution in [0.3, 0.4) is 0 Å². The molecule has 0 spiro atoms. The zero-order chi connectivity index (χ0) is 12.2. The summed E-state index contributed by atoms with van der Waals surface area (Å²) in [5.74, 6) is 1.56. The minimum Gasteiger partial charge on any atom is -0.496 e. The Bertz CT molecular complexity index is 348. The third-order valence-electron chi connectivity index (χ3n) is 3.02. The molecule has 16 heavy (non-hydrogen) atoms. The molecule has 0 bridgehead atoms. The van der Waals surface area contributed by atoms with E-state index in [1.54, 1.807) is 7.11 Å². The number of alkyl halides is 1. The number of benzene rings is 1. The van der Waals surface area contributed by atoms with Crippen molar-refractivity contribution in [3.63, 3.8) is 0 Å². The van der Waals surface area contributed by atoms with Gasteiger partial charge in [-0.1, -0.05) is 19.9 Å². The van der Waals surface area contributed by atoms with Crippen LogP contribution < -0.4 is 4.74 Å². The van der Waals surface area contributed by atoms with Crippen LogP contribution in [0, 0.1) is 5.41 Å². The third kappa shape index (κ3) is 3.39. The Hall–Kier alpha value is -0.210. The molecule has 0 aliphatic carbocycles. The van der Waals surface area contributed by atoms with Crippen LogP contribution in [0.1, 0.15) is 25.8 Å². The number of methoxy groups -OCH3 is 1. The minimum atomic E-state index is 0.176. The van der Waals surface area contributed by atoms with Gasteiger partial charge in [0.2, 0.25) is 0 Å². The van der Waals surface area contributed by atoms with Gasteiger partial charge in [-0.3, -0.25) is 0 Å². The van der Waals surface area contributed by atoms with Gasteiger partial charge in [0.25, 0.3) is 0 Å². The molecule has 0 radical (unpaired) electrons. The maximum Gasteiger partial charge on any atom is 0.133 e. The van der Waals surface area contributed by atoms with Gasteiger partial charge in [-0.15, -0.1) is 11.6 Å². The van der Waals surface area contributed by atoms with Gasteiger partial charge in [-0.05, 0) is 51.9 Å². The van der Waals surface area contributed by atoms with Crippen molar-refractivity contribution in [3.05, 3.63) is 28.2 Å². The normalized spacial score (nSPS) is 14.6. The standard InChI is InChI=1S/C13H18BrClO/c1-4-13(2,9-15)8-10-5-6-12(16-3)11(14)7-10/h5-7H,4,8-9H2,1-3H3. The van der Waals surface area contributed by atoms with Gasteiger partial charge in [-0.2, -0.15) is 0 Å². The summed E-state index contributed by atoms with van der Waals surface area (Å²) < 4.78 is 6.21. The lowest BCUT2D eigenvalue weighted by atomic mass is 9.83. The second kappa shape index (κ2) is 5.92. The highest BCUT2D eigenvalue weighted by molar-refractivity contribution is 9.10. The van der Waals surface area contributed by atoms with Crippen molar-refractivity contribution in [2.75, 3.05) is 13.0 Å². The number of halogens is 2. The fourth-order valence-corrected chi connectivity index (χ4v) is 2.45. The average Bonchev–Trinajstić information content (AvgIpc) is 2.29. The molecule has 0 saturated carbocycles. The van der Waals surface area contributed by atoms with Crippen molar-refractivity contribution in [1.82, 2.24) is 0 Å². The van der Waals surface area contributed by atoms with Crippen molar-refractivity contribution in [3.8, 4) is 5.75 Å². The minimum absolute atomic E-state index is 0.176. The van der Waals surface area contributed by atoms with Crippen LogP contribution in [0.5, 0.6) is 5.75 Å². The molecule has 0 amide bonds. The molecule has 0 fully saturated rings. The Labute approximate surface area is 111 Å². The maximum absolute atomic E-state index is 6.02. The number of hydrogen-bond donors (Lipinski definition) is 0. The van der Waals surface area contributed by atoms with Crippen LogP contribution in [0.4, 0.5) is 0 Å². The molecule has 1 aromatic carbocycles. The topological polar surface area (TPSA) is 9.23 Å². The molecule has 90 valence electrons. The summed E-state index contributed by atoms with van der Waals surface area (Å²) in [6.07, 6.45) is 2.08. The molecular formula is C13H18BrClO. The van der Waals surface area contributed by atoms with Crippen LogP contribution in [0.15, 0.2) is 22.7 Å². The molecule has 1 nitrogen and oxygen atoms in total. The van der Waals surface area contributed by atoms with E-state index < -0.39 is 0 Å². The Kier molecular flexibility index (Phi) is 5.13. The predicted octanol–water partition coefficient (Wildman–Crippen LogP) is 4.66. The van der Waals surface area contributed by atoms with E-state index in [0.717, 1.165) is 23.1 Å². The second-order valence-corrected chi connectivity index (χ2v) is 5.57. The highest BCUT2D eigenvalue weighted by Crippen LogP contribution is 2.31. The highest BCUT2D eigenvalue weighted by Gasteiger charge is 2.21. The second-order valence-electron chi connectivity index (χ2n) is 4.44. The molecule has 0 aliphatic heterocycles. The van der Waals surface area contributed by atoms with E-state index in [0.29, 0.717) is 5.88 Å². The maximum atomic E-state index is 6.02. The Morgan fingerprint density at radius 3 is 2.56 bits per heavy atom. The largest absolute Gasteiger partial charge is 0.496 e. The molecule has 0 aliphatic rings. The van der Waals surface area contributed by atoms with Crippen LogP contribution >= 0.6 is 27.5 Å². The molecule has 1 atom stereocenters. The van der Waals surface area contributed by atoms with Gasteiger partial charge in [0, 0.05) is 5.88 Å². The van der Waals surface area contributed by atoms with E-state index in [-0.39, 0.29) is 5.41 Å². The summed E-state index contributed by atoms with van der Waals surface area (Å²) in [6.45, 7) is 4.40. The number of rotatable bonds is 5. The van der Waals surface area contributed by atoms with Crippen molar-refractivity contribution in [2.24, 2.45) is 5.41 Å².